The molecule has 9 heteroatoms. The lowest BCUT2D eigenvalue weighted by Crippen LogP contribution is -2.41. The number of para-hydroxylation sites is 1. The number of hydrogen-bond donors (Lipinski definition) is 1. The van der Waals surface area contributed by atoms with Gasteiger partial charge in [-0.3, -0.25) is 9.69 Å². The van der Waals surface area contributed by atoms with Gasteiger partial charge in [-0.1, -0.05) is 41.4 Å². The number of carboxylic acid groups (broad SMARTS) is 1. The molecule has 0 aromatic heterocycles. The lowest BCUT2D eigenvalue weighted by atomic mass is 10.0. The van der Waals surface area contributed by atoms with Crippen molar-refractivity contribution in [3.05, 3.63) is 57.6 Å². The van der Waals surface area contributed by atoms with Crippen molar-refractivity contribution in [2.24, 2.45) is 5.92 Å². The van der Waals surface area contributed by atoms with Crippen LogP contribution in [0.3, 0.4) is 0 Å². The standard InChI is InChI=1S/C22H22Cl2N2O5/c1-12(20(27)28)19-26(17-8-7-15(23)9-16(17)24)21(29)25(31-19)11-14-6-4-5-13-10-22(2,3)30-18(13)14/h4-9,12,19H,10-11H2,1-3H3,(H,27,28). The zero-order chi connectivity index (χ0) is 22.5. The van der Waals surface area contributed by atoms with Crippen LogP contribution in [0.25, 0.3) is 0 Å². The van der Waals surface area contributed by atoms with Crippen molar-refractivity contribution in [3.63, 3.8) is 0 Å². The van der Waals surface area contributed by atoms with Crippen molar-refractivity contribution >= 4 is 40.9 Å². The first-order valence-electron chi connectivity index (χ1n) is 9.82. The number of carboxylic acids is 1. The summed E-state index contributed by atoms with van der Waals surface area (Å²) in [6, 6.07) is 9.91. The molecule has 164 valence electrons. The summed E-state index contributed by atoms with van der Waals surface area (Å²) < 4.78 is 6.09. The predicted octanol–water partition coefficient (Wildman–Crippen LogP) is 5.13. The van der Waals surface area contributed by atoms with E-state index in [9.17, 15) is 14.7 Å². The summed E-state index contributed by atoms with van der Waals surface area (Å²) in [7, 11) is 0. The number of aliphatic carboxylic acids is 1. The van der Waals surface area contributed by atoms with Gasteiger partial charge in [0.1, 0.15) is 17.3 Å². The quantitative estimate of drug-likeness (QED) is 0.663. The van der Waals surface area contributed by atoms with Gasteiger partial charge in [0.05, 0.1) is 17.3 Å². The van der Waals surface area contributed by atoms with Gasteiger partial charge in [0.2, 0.25) is 0 Å². The van der Waals surface area contributed by atoms with Gasteiger partial charge in [-0.2, -0.15) is 5.06 Å². The lowest BCUT2D eigenvalue weighted by molar-refractivity contribution is -0.165. The van der Waals surface area contributed by atoms with E-state index in [1.165, 1.54) is 17.9 Å². The van der Waals surface area contributed by atoms with Crippen molar-refractivity contribution in [2.45, 2.75) is 45.6 Å². The molecule has 1 N–H and O–H groups in total. The topological polar surface area (TPSA) is 79.3 Å². The van der Waals surface area contributed by atoms with Crippen LogP contribution in [0, 0.1) is 5.92 Å². The Labute approximate surface area is 190 Å². The van der Waals surface area contributed by atoms with Gasteiger partial charge in [-0.05, 0) is 44.5 Å². The molecule has 0 spiro atoms. The second kappa shape index (κ2) is 7.89. The van der Waals surface area contributed by atoms with Crippen molar-refractivity contribution in [1.29, 1.82) is 0 Å². The second-order valence-corrected chi connectivity index (χ2v) is 9.20. The number of halogens is 2. The molecule has 1 saturated heterocycles. The lowest BCUT2D eigenvalue weighted by Gasteiger charge is -2.24. The maximum absolute atomic E-state index is 13.3. The van der Waals surface area contributed by atoms with Gasteiger partial charge in [0, 0.05) is 17.0 Å². The normalized spacial score (nSPS) is 20.5. The van der Waals surface area contributed by atoms with Gasteiger partial charge in [0.15, 0.2) is 6.23 Å². The Morgan fingerprint density at radius 3 is 2.71 bits per heavy atom. The Morgan fingerprint density at radius 2 is 2.03 bits per heavy atom. The summed E-state index contributed by atoms with van der Waals surface area (Å²) in [5.41, 5.74) is 1.83. The summed E-state index contributed by atoms with van der Waals surface area (Å²) in [5, 5.41) is 11.3. The van der Waals surface area contributed by atoms with E-state index in [1.807, 2.05) is 32.0 Å². The Bertz CT molecular complexity index is 1060. The highest BCUT2D eigenvalue weighted by Crippen LogP contribution is 2.40. The van der Waals surface area contributed by atoms with E-state index in [-0.39, 0.29) is 17.2 Å². The number of fused-ring (bicyclic) bond motifs is 1. The Hall–Kier alpha value is -2.48. The van der Waals surface area contributed by atoms with Crippen molar-refractivity contribution in [3.8, 4) is 5.75 Å². The zero-order valence-corrected chi connectivity index (χ0v) is 18.8. The molecule has 2 unspecified atom stereocenters. The number of amides is 2. The second-order valence-electron chi connectivity index (χ2n) is 8.35. The van der Waals surface area contributed by atoms with Crippen LogP contribution in [-0.4, -0.2) is 34.0 Å². The predicted molar refractivity (Wildman–Crippen MR) is 116 cm³/mol. The molecule has 0 bridgehead atoms. The summed E-state index contributed by atoms with van der Waals surface area (Å²) in [4.78, 5) is 32.1. The number of hydrogen-bond acceptors (Lipinski definition) is 4. The number of hydroxylamine groups is 2. The molecule has 0 saturated carbocycles. The fourth-order valence-electron chi connectivity index (χ4n) is 3.87. The monoisotopic (exact) mass is 464 g/mol. The molecule has 0 radical (unpaired) electrons. The maximum atomic E-state index is 13.3. The third-order valence-corrected chi connectivity index (χ3v) is 5.92. The van der Waals surface area contributed by atoms with Gasteiger partial charge in [0.25, 0.3) is 0 Å². The summed E-state index contributed by atoms with van der Waals surface area (Å²) >= 11 is 12.3. The average molecular weight is 465 g/mol. The minimum absolute atomic E-state index is 0.0998. The van der Waals surface area contributed by atoms with Gasteiger partial charge in [-0.15, -0.1) is 0 Å². The molecule has 1 fully saturated rings. The summed E-state index contributed by atoms with van der Waals surface area (Å²) in [5.74, 6) is -1.37. The largest absolute Gasteiger partial charge is 0.487 e. The highest BCUT2D eigenvalue weighted by atomic mass is 35.5. The Morgan fingerprint density at radius 1 is 1.29 bits per heavy atom. The summed E-state index contributed by atoms with van der Waals surface area (Å²) in [6.07, 6.45) is -0.311. The molecule has 2 heterocycles. The van der Waals surface area contributed by atoms with E-state index in [2.05, 4.69) is 0 Å². The molecule has 2 aliphatic heterocycles. The van der Waals surface area contributed by atoms with E-state index in [0.29, 0.717) is 10.7 Å². The first-order chi connectivity index (χ1) is 14.6. The van der Waals surface area contributed by atoms with Crippen molar-refractivity contribution < 1.29 is 24.3 Å². The molecule has 2 atom stereocenters. The maximum Gasteiger partial charge on any atom is 0.351 e. The van der Waals surface area contributed by atoms with Crippen LogP contribution in [0.1, 0.15) is 31.9 Å². The van der Waals surface area contributed by atoms with Gasteiger partial charge in [-0.25, -0.2) is 9.63 Å². The molecule has 2 aromatic carbocycles. The summed E-state index contributed by atoms with van der Waals surface area (Å²) in [6.45, 7) is 5.58. The molecular formula is C22H22Cl2N2O5. The Kier molecular flexibility index (Phi) is 5.54. The van der Waals surface area contributed by atoms with Gasteiger partial charge >= 0.3 is 12.0 Å². The third kappa shape index (κ3) is 4.05. The van der Waals surface area contributed by atoms with E-state index in [0.717, 1.165) is 28.4 Å². The number of carbonyl (C=O) groups excluding carboxylic acids is 1. The van der Waals surface area contributed by atoms with Gasteiger partial charge < -0.3 is 9.84 Å². The molecule has 2 amide bonds. The van der Waals surface area contributed by atoms with E-state index >= 15 is 0 Å². The number of anilines is 1. The van der Waals surface area contributed by atoms with Crippen LogP contribution in [0.5, 0.6) is 5.75 Å². The average Bonchev–Trinajstić information content (AvgIpc) is 3.17. The van der Waals surface area contributed by atoms with Crippen LogP contribution in [-0.2, 0) is 22.6 Å². The fraction of sp³-hybridized carbons (Fsp3) is 0.364. The van der Waals surface area contributed by atoms with Crippen LogP contribution < -0.4 is 9.64 Å². The van der Waals surface area contributed by atoms with Crippen LogP contribution in [0.2, 0.25) is 10.0 Å². The molecular weight excluding hydrogens is 443 g/mol. The number of ether oxygens (including phenoxy) is 1. The zero-order valence-electron chi connectivity index (χ0n) is 17.3. The number of benzene rings is 2. The number of nitrogens with zero attached hydrogens (tertiary/aromatic N) is 2. The molecule has 0 aliphatic carbocycles. The third-order valence-electron chi connectivity index (χ3n) is 5.38. The molecule has 4 rings (SSSR count). The highest BCUT2D eigenvalue weighted by Gasteiger charge is 2.46. The molecule has 31 heavy (non-hydrogen) atoms. The van der Waals surface area contributed by atoms with Crippen LogP contribution >= 0.6 is 23.2 Å². The first kappa shape index (κ1) is 21.7. The Balaban J connectivity index is 1.67. The number of rotatable bonds is 5. The minimum atomic E-state index is -1.10. The van der Waals surface area contributed by atoms with E-state index in [4.69, 9.17) is 32.8 Å². The van der Waals surface area contributed by atoms with E-state index in [1.54, 1.807) is 12.1 Å². The van der Waals surface area contributed by atoms with Crippen LogP contribution in [0.4, 0.5) is 10.5 Å². The fourth-order valence-corrected chi connectivity index (χ4v) is 4.37. The minimum Gasteiger partial charge on any atom is -0.487 e. The van der Waals surface area contributed by atoms with Crippen molar-refractivity contribution in [1.82, 2.24) is 5.06 Å². The van der Waals surface area contributed by atoms with Crippen molar-refractivity contribution in [2.75, 3.05) is 4.90 Å². The van der Waals surface area contributed by atoms with Crippen LogP contribution in [0.15, 0.2) is 36.4 Å². The molecule has 2 aromatic rings. The number of carbonyl (C=O) groups is 2. The SMILES string of the molecule is CC(C(=O)O)C1ON(Cc2cccc3c2OC(C)(C)C3)C(=O)N1c1ccc(Cl)cc1Cl. The van der Waals surface area contributed by atoms with E-state index < -0.39 is 24.1 Å². The smallest absolute Gasteiger partial charge is 0.351 e. The number of urea groups is 1. The first-order valence-corrected chi connectivity index (χ1v) is 10.6. The molecule has 2 aliphatic rings. The molecule has 7 nitrogen and oxygen atoms in total. The highest BCUT2D eigenvalue weighted by molar-refractivity contribution is 6.36.